The summed E-state index contributed by atoms with van der Waals surface area (Å²) < 4.78 is 0. The molecule has 2 aromatic carbocycles. The van der Waals surface area contributed by atoms with Crippen molar-refractivity contribution < 1.29 is 9.90 Å². The minimum atomic E-state index is -1.01. The van der Waals surface area contributed by atoms with Gasteiger partial charge in [-0.15, -0.1) is 0 Å². The summed E-state index contributed by atoms with van der Waals surface area (Å²) in [5, 5.41) is 14.5. The molecule has 0 saturated heterocycles. The van der Waals surface area contributed by atoms with Gasteiger partial charge in [-0.25, -0.2) is 9.78 Å². The summed E-state index contributed by atoms with van der Waals surface area (Å²) in [6.45, 7) is 0.486. The van der Waals surface area contributed by atoms with Crippen molar-refractivity contribution in [2.45, 2.75) is 6.54 Å². The maximum absolute atomic E-state index is 10.9. The third kappa shape index (κ3) is 3.00. The van der Waals surface area contributed by atoms with Gasteiger partial charge in [0.2, 0.25) is 0 Å². The van der Waals surface area contributed by atoms with Gasteiger partial charge in [0.05, 0.1) is 12.2 Å². The molecule has 0 atom stereocenters. The van der Waals surface area contributed by atoms with Crippen LogP contribution < -0.4 is 5.32 Å². The third-order valence-corrected chi connectivity index (χ3v) is 3.25. The molecule has 0 radical (unpaired) electrons. The van der Waals surface area contributed by atoms with E-state index in [-0.39, 0.29) is 5.69 Å². The molecule has 0 spiro atoms. The number of carboxylic acid groups (broad SMARTS) is 1. The number of anilines is 1. The maximum atomic E-state index is 10.9. The fourth-order valence-electron chi connectivity index (χ4n) is 2.19. The molecule has 4 nitrogen and oxygen atoms in total. The highest BCUT2D eigenvalue weighted by molar-refractivity contribution is 5.86. The number of benzene rings is 2. The molecule has 2 N–H and O–H groups in total. The Balaban J connectivity index is 1.77. The third-order valence-electron chi connectivity index (χ3n) is 3.25. The molecule has 4 heteroatoms. The monoisotopic (exact) mass is 278 g/mol. The van der Waals surface area contributed by atoms with Crippen molar-refractivity contribution in [3.63, 3.8) is 0 Å². The van der Waals surface area contributed by atoms with Gasteiger partial charge in [-0.2, -0.15) is 0 Å². The zero-order valence-electron chi connectivity index (χ0n) is 11.3. The molecule has 21 heavy (non-hydrogen) atoms. The molecular weight excluding hydrogens is 264 g/mol. The van der Waals surface area contributed by atoms with Crippen molar-refractivity contribution in [3.05, 3.63) is 72.1 Å². The van der Waals surface area contributed by atoms with Gasteiger partial charge in [-0.3, -0.25) is 0 Å². The second-order valence-electron chi connectivity index (χ2n) is 4.73. The normalized spacial score (nSPS) is 10.5. The van der Waals surface area contributed by atoms with Crippen LogP contribution in [0.5, 0.6) is 0 Å². The van der Waals surface area contributed by atoms with Crippen LogP contribution >= 0.6 is 0 Å². The van der Waals surface area contributed by atoms with E-state index >= 15 is 0 Å². The second kappa shape index (κ2) is 5.63. The SMILES string of the molecule is O=C(O)c1cccc(CNc2ccc3ccccc3c2)n1. The lowest BCUT2D eigenvalue weighted by Gasteiger charge is -2.08. The molecule has 0 aliphatic rings. The molecular formula is C17H14N2O2. The Bertz CT molecular complexity index is 799. The summed E-state index contributed by atoms with van der Waals surface area (Å²) in [4.78, 5) is 15.0. The number of hydrogen-bond donors (Lipinski definition) is 2. The fraction of sp³-hybridized carbons (Fsp3) is 0.0588. The average Bonchev–Trinajstić information content (AvgIpc) is 2.53. The quantitative estimate of drug-likeness (QED) is 0.766. The van der Waals surface area contributed by atoms with E-state index in [1.165, 1.54) is 11.5 Å². The van der Waals surface area contributed by atoms with Crippen LogP contribution in [0, 0.1) is 0 Å². The van der Waals surface area contributed by atoms with Crippen molar-refractivity contribution in [2.24, 2.45) is 0 Å². The number of nitrogens with zero attached hydrogens (tertiary/aromatic N) is 1. The van der Waals surface area contributed by atoms with Crippen LogP contribution in [0.25, 0.3) is 10.8 Å². The molecule has 0 aliphatic carbocycles. The number of carboxylic acids is 1. The molecule has 3 rings (SSSR count). The molecule has 104 valence electrons. The number of carbonyl (C=O) groups is 1. The Morgan fingerprint density at radius 1 is 1.00 bits per heavy atom. The fourth-order valence-corrected chi connectivity index (χ4v) is 2.19. The summed E-state index contributed by atoms with van der Waals surface area (Å²) in [5.41, 5.74) is 1.74. The minimum absolute atomic E-state index is 0.0628. The largest absolute Gasteiger partial charge is 0.477 e. The standard InChI is InChI=1S/C17H14N2O2/c20-17(21)16-7-3-6-15(19-16)11-18-14-9-8-12-4-1-2-5-13(12)10-14/h1-10,18H,11H2,(H,20,21). The van der Waals surface area contributed by atoms with E-state index in [4.69, 9.17) is 5.11 Å². The van der Waals surface area contributed by atoms with E-state index in [9.17, 15) is 4.79 Å². The van der Waals surface area contributed by atoms with E-state index in [2.05, 4.69) is 34.6 Å². The number of pyridine rings is 1. The number of hydrogen-bond acceptors (Lipinski definition) is 3. The van der Waals surface area contributed by atoms with Gasteiger partial charge in [0, 0.05) is 5.69 Å². The number of fused-ring (bicyclic) bond motifs is 1. The first-order valence-electron chi connectivity index (χ1n) is 6.64. The number of aromatic nitrogens is 1. The van der Waals surface area contributed by atoms with Crippen LogP contribution in [0.15, 0.2) is 60.7 Å². The number of rotatable bonds is 4. The van der Waals surface area contributed by atoms with E-state index in [1.807, 2.05) is 18.2 Å². The van der Waals surface area contributed by atoms with Gasteiger partial charge in [0.1, 0.15) is 5.69 Å². The van der Waals surface area contributed by atoms with Crippen LogP contribution in [-0.4, -0.2) is 16.1 Å². The van der Waals surface area contributed by atoms with Crippen LogP contribution in [0.2, 0.25) is 0 Å². The lowest BCUT2D eigenvalue weighted by atomic mass is 10.1. The minimum Gasteiger partial charge on any atom is -0.477 e. The molecule has 0 fully saturated rings. The molecule has 0 bridgehead atoms. The Kier molecular flexibility index (Phi) is 3.51. The predicted octanol–water partition coefficient (Wildman–Crippen LogP) is 3.55. The Morgan fingerprint density at radius 3 is 2.62 bits per heavy atom. The molecule has 1 heterocycles. The number of nitrogens with one attached hydrogen (secondary N) is 1. The highest BCUT2D eigenvalue weighted by atomic mass is 16.4. The highest BCUT2D eigenvalue weighted by Crippen LogP contribution is 2.19. The second-order valence-corrected chi connectivity index (χ2v) is 4.73. The average molecular weight is 278 g/mol. The Hall–Kier alpha value is -2.88. The van der Waals surface area contributed by atoms with Gasteiger partial charge >= 0.3 is 5.97 Å². The Morgan fingerprint density at radius 2 is 1.81 bits per heavy atom. The van der Waals surface area contributed by atoms with Gasteiger partial charge < -0.3 is 10.4 Å². The van der Waals surface area contributed by atoms with Crippen molar-refractivity contribution in [1.29, 1.82) is 0 Å². The lowest BCUT2D eigenvalue weighted by Crippen LogP contribution is -2.06. The first kappa shape index (κ1) is 13.1. The molecule has 0 unspecified atom stereocenters. The maximum Gasteiger partial charge on any atom is 0.354 e. The van der Waals surface area contributed by atoms with E-state index in [0.29, 0.717) is 12.2 Å². The van der Waals surface area contributed by atoms with Crippen LogP contribution in [0.3, 0.4) is 0 Å². The van der Waals surface area contributed by atoms with E-state index in [1.54, 1.807) is 12.1 Å². The summed E-state index contributed by atoms with van der Waals surface area (Å²) in [6.07, 6.45) is 0. The zero-order valence-corrected chi connectivity index (χ0v) is 11.3. The summed E-state index contributed by atoms with van der Waals surface area (Å²) >= 11 is 0. The first-order chi connectivity index (χ1) is 10.2. The first-order valence-corrected chi connectivity index (χ1v) is 6.64. The number of aromatic carboxylic acids is 1. The molecule has 3 aromatic rings. The van der Waals surface area contributed by atoms with Gasteiger partial charge in [0.25, 0.3) is 0 Å². The van der Waals surface area contributed by atoms with Crippen LogP contribution in [0.1, 0.15) is 16.2 Å². The van der Waals surface area contributed by atoms with E-state index in [0.717, 1.165) is 11.1 Å². The highest BCUT2D eigenvalue weighted by Gasteiger charge is 2.05. The smallest absolute Gasteiger partial charge is 0.354 e. The van der Waals surface area contributed by atoms with Gasteiger partial charge in [-0.05, 0) is 35.0 Å². The molecule has 0 saturated carbocycles. The van der Waals surface area contributed by atoms with Gasteiger partial charge in [-0.1, -0.05) is 36.4 Å². The zero-order chi connectivity index (χ0) is 14.7. The molecule has 0 aliphatic heterocycles. The van der Waals surface area contributed by atoms with Crippen molar-refractivity contribution in [1.82, 2.24) is 4.98 Å². The Labute approximate surface area is 122 Å². The van der Waals surface area contributed by atoms with Gasteiger partial charge in [0.15, 0.2) is 0 Å². The van der Waals surface area contributed by atoms with Crippen molar-refractivity contribution in [2.75, 3.05) is 5.32 Å². The lowest BCUT2D eigenvalue weighted by molar-refractivity contribution is 0.0690. The summed E-state index contributed by atoms with van der Waals surface area (Å²) in [5.74, 6) is -1.01. The summed E-state index contributed by atoms with van der Waals surface area (Å²) in [6, 6.07) is 19.3. The van der Waals surface area contributed by atoms with Crippen LogP contribution in [0.4, 0.5) is 5.69 Å². The molecule has 0 amide bonds. The topological polar surface area (TPSA) is 62.2 Å². The van der Waals surface area contributed by atoms with Crippen LogP contribution in [-0.2, 0) is 6.54 Å². The van der Waals surface area contributed by atoms with Crippen molar-refractivity contribution >= 4 is 22.4 Å². The predicted molar refractivity (Wildman–Crippen MR) is 82.5 cm³/mol. The summed E-state index contributed by atoms with van der Waals surface area (Å²) in [7, 11) is 0. The van der Waals surface area contributed by atoms with Crippen molar-refractivity contribution in [3.8, 4) is 0 Å². The molecule has 1 aromatic heterocycles. The van der Waals surface area contributed by atoms with E-state index < -0.39 is 5.97 Å².